The van der Waals surface area contributed by atoms with Gasteiger partial charge >= 0.3 is 5.97 Å². The van der Waals surface area contributed by atoms with Gasteiger partial charge in [0.05, 0.1) is 18.8 Å². The van der Waals surface area contributed by atoms with Crippen molar-refractivity contribution in [3.05, 3.63) is 24.4 Å². The molecule has 94 heavy (non-hydrogen) atoms. The number of carbonyl (C=O) groups excluding carboxylic acids is 11. The molecule has 2 heterocycles. The highest BCUT2D eigenvalue weighted by Gasteiger charge is 2.46. The molecular formula is C68H118N12O14. The van der Waals surface area contributed by atoms with Crippen LogP contribution in [0.1, 0.15) is 156 Å². The van der Waals surface area contributed by atoms with Gasteiger partial charge in [0.1, 0.15) is 60.2 Å². The number of anilines is 1. The van der Waals surface area contributed by atoms with E-state index in [2.05, 4.69) is 26.3 Å². The number of hydrogen-bond donors (Lipinski definition) is 6. The number of carbonyl (C=O) groups is 11. The van der Waals surface area contributed by atoms with Gasteiger partial charge in [-0.15, -0.1) is 0 Å². The summed E-state index contributed by atoms with van der Waals surface area (Å²) in [6.45, 7) is 29.0. The second-order valence-corrected chi connectivity index (χ2v) is 28.9. The van der Waals surface area contributed by atoms with E-state index in [1.807, 2.05) is 80.2 Å². The Morgan fingerprint density at radius 3 is 1.38 bits per heavy atom. The molecule has 26 heteroatoms. The molecule has 10 amide bonds. The summed E-state index contributed by atoms with van der Waals surface area (Å²) in [7, 11) is 9.93. The summed E-state index contributed by atoms with van der Waals surface area (Å²) in [6, 6.07) is -7.03. The molecule has 1 aliphatic heterocycles. The number of esters is 1. The number of pyridine rings is 1. The fourth-order valence-electron chi connectivity index (χ4n) is 11.6. The summed E-state index contributed by atoms with van der Waals surface area (Å²) in [4.78, 5) is 175. The zero-order valence-electron chi connectivity index (χ0n) is 60.9. The van der Waals surface area contributed by atoms with Crippen molar-refractivity contribution in [2.24, 2.45) is 47.3 Å². The fourth-order valence-corrected chi connectivity index (χ4v) is 11.6. The van der Waals surface area contributed by atoms with Crippen molar-refractivity contribution < 1.29 is 67.7 Å². The van der Waals surface area contributed by atoms with Crippen molar-refractivity contribution >= 4 is 70.9 Å². The molecule has 0 bridgehead atoms. The van der Waals surface area contributed by atoms with Crippen molar-refractivity contribution in [2.75, 3.05) is 67.3 Å². The third-order valence-corrected chi connectivity index (χ3v) is 17.3. The molecule has 1 fully saturated rings. The monoisotopic (exact) mass is 1330 g/mol. The minimum absolute atomic E-state index is 0.0685. The van der Waals surface area contributed by atoms with E-state index in [1.165, 1.54) is 70.8 Å². The van der Waals surface area contributed by atoms with Crippen molar-refractivity contribution in [1.82, 2.24) is 55.7 Å². The first kappa shape index (κ1) is 83.1. The first-order valence-electron chi connectivity index (χ1n) is 33.5. The number of cyclic esters (lactones) is 1. The van der Waals surface area contributed by atoms with Crippen LogP contribution in [0.15, 0.2) is 24.4 Å². The van der Waals surface area contributed by atoms with E-state index in [1.54, 1.807) is 60.0 Å². The van der Waals surface area contributed by atoms with Crippen LogP contribution >= 0.6 is 0 Å². The zero-order chi connectivity index (χ0) is 72.2. The molecule has 0 radical (unpaired) electrons. The molecule has 534 valence electrons. The Morgan fingerprint density at radius 2 is 0.957 bits per heavy atom. The summed E-state index contributed by atoms with van der Waals surface area (Å²) < 4.78 is 5.91. The van der Waals surface area contributed by atoms with Crippen molar-refractivity contribution in [3.63, 3.8) is 0 Å². The van der Waals surface area contributed by atoms with E-state index >= 15 is 14.4 Å². The maximum Gasteiger partial charge on any atom is 0.329 e. The smallest absolute Gasteiger partial charge is 0.329 e. The average molecular weight is 1330 g/mol. The largest absolute Gasteiger partial charge is 0.450 e. The Kier molecular flexibility index (Phi) is 33.6. The number of nitrogens with one attached hydrogen (secondary N) is 4. The summed E-state index contributed by atoms with van der Waals surface area (Å²) in [5.74, 6) is -11.2. The van der Waals surface area contributed by atoms with E-state index in [9.17, 15) is 48.6 Å². The molecule has 1 aromatic rings. The molecule has 0 aromatic carbocycles. The Hall–Kier alpha value is -6.96. The quantitative estimate of drug-likeness (QED) is 0.108. The first-order valence-corrected chi connectivity index (χ1v) is 33.5. The summed E-state index contributed by atoms with van der Waals surface area (Å²) in [5.41, 5.74) is 0. The molecule has 0 saturated carbocycles. The predicted octanol–water partition coefficient (Wildman–Crippen LogP) is 3.31. The van der Waals surface area contributed by atoms with Crippen LogP contribution in [0.25, 0.3) is 0 Å². The van der Waals surface area contributed by atoms with E-state index in [4.69, 9.17) is 4.74 Å². The number of hydrogen-bond acceptors (Lipinski definition) is 16. The lowest BCUT2D eigenvalue weighted by Gasteiger charge is -2.40. The second kappa shape index (κ2) is 38.0. The zero-order valence-corrected chi connectivity index (χ0v) is 60.9. The van der Waals surface area contributed by atoms with Gasteiger partial charge in [0.25, 0.3) is 5.91 Å². The Balaban J connectivity index is 3.04. The standard InChI is InChI=1S/C68H118N12O14/c1-37(2)31-47-63(88)77(21)50(34-40(7)8)59(84)70-45(16)68(93)94-58(43(13)14)67(92)78(22)51(35-41(9)10)61(86)72-48(32-38(3)4)64(89)79(23)55(42(11)12)66(91)80(24)56(57(83)44(15)28-30-74(18)52-27-25-26-29-69-52)62(87)73-54(46(17)81)65(90)75(19)36-53(82)76(20)49(33-39(5)6)60(85)71-47/h25-27,29,37-51,54-58,81,83H,28,30-36H2,1-24H3,(H,70,84)(H,71,85)(H,72,86)(H,73,87)/t44-,45+,46-,47+,48+,49+,50+,51+,54+,55+,56+,57-,58-/m1/s1. The number of ether oxygens (including phenoxy) is 1. The van der Waals surface area contributed by atoms with Crippen LogP contribution in [-0.2, 0) is 57.5 Å². The summed E-state index contributed by atoms with van der Waals surface area (Å²) in [5, 5.41) is 34.8. The maximum atomic E-state index is 15.4. The van der Waals surface area contributed by atoms with Gasteiger partial charge in [0, 0.05) is 62.1 Å². The Morgan fingerprint density at radius 1 is 0.521 bits per heavy atom. The van der Waals surface area contributed by atoms with E-state index in [-0.39, 0.29) is 68.1 Å². The minimum atomic E-state index is -1.79. The van der Waals surface area contributed by atoms with Gasteiger partial charge in [-0.2, -0.15) is 0 Å². The van der Waals surface area contributed by atoms with Crippen LogP contribution in [0.5, 0.6) is 0 Å². The lowest BCUT2D eigenvalue weighted by Crippen LogP contribution is -2.64. The molecule has 26 nitrogen and oxygen atoms in total. The van der Waals surface area contributed by atoms with Gasteiger partial charge < -0.3 is 70.5 Å². The number of amides is 10. The predicted molar refractivity (Wildman–Crippen MR) is 360 cm³/mol. The van der Waals surface area contributed by atoms with Crippen molar-refractivity contribution in [1.29, 1.82) is 0 Å². The molecule has 6 N–H and O–H groups in total. The van der Waals surface area contributed by atoms with E-state index in [0.29, 0.717) is 12.4 Å². The number of nitrogens with zero attached hydrogens (tertiary/aromatic N) is 8. The van der Waals surface area contributed by atoms with Crippen LogP contribution in [-0.4, -0.2) is 245 Å². The van der Waals surface area contributed by atoms with Crippen LogP contribution in [0.2, 0.25) is 0 Å². The Bertz CT molecular complexity index is 2690. The third kappa shape index (κ3) is 24.0. The van der Waals surface area contributed by atoms with Crippen LogP contribution in [0, 0.1) is 47.3 Å². The normalized spacial score (nSPS) is 25.6. The molecule has 1 saturated heterocycles. The lowest BCUT2D eigenvalue weighted by molar-refractivity contribution is -0.166. The summed E-state index contributed by atoms with van der Waals surface area (Å²) in [6.07, 6.45) is -2.39. The molecule has 0 unspecified atom stereocenters. The topological polar surface area (TPSA) is 321 Å². The van der Waals surface area contributed by atoms with Crippen LogP contribution < -0.4 is 26.2 Å². The molecule has 0 spiro atoms. The Labute approximate surface area is 560 Å². The number of aromatic nitrogens is 1. The SMILES string of the molecule is CC(C)C[C@@H]1NC(=O)[C@H](CC(C)C)N(C)C(=O)[C@@H](C(C)C)OC(=O)[C@H](C)NC(=O)[C@H](CC(C)C)N(C)C(=O)[C@H](CC(C)C)NC(=O)[C@H](CC(C)C)N(C)C(=O)CN(C)C(=O)[C@H]([C@@H](C)O)NC(=O)[C@H]([C@H](O)[C@H](C)CCN(C)c2ccccn2)N(C)C(=O)[C@H](C(C)C)N(C)C1=O. The van der Waals surface area contributed by atoms with Crippen molar-refractivity contribution in [3.8, 4) is 0 Å². The van der Waals surface area contributed by atoms with E-state index in [0.717, 1.165) is 14.7 Å². The maximum absolute atomic E-state index is 15.4. The van der Waals surface area contributed by atoms with Gasteiger partial charge in [-0.05, 0) is 112 Å². The van der Waals surface area contributed by atoms with Gasteiger partial charge in [0.15, 0.2) is 6.10 Å². The molecule has 1 aliphatic rings. The molecule has 13 atom stereocenters. The van der Waals surface area contributed by atoms with Crippen LogP contribution in [0.4, 0.5) is 5.82 Å². The van der Waals surface area contributed by atoms with Crippen molar-refractivity contribution in [2.45, 2.75) is 229 Å². The second-order valence-electron chi connectivity index (χ2n) is 28.9. The number of likely N-dealkylation sites (N-methyl/N-ethyl adjacent to an activating group) is 6. The average Bonchev–Trinajstić information content (AvgIpc) is 0.832. The highest BCUT2D eigenvalue weighted by molar-refractivity contribution is 5.99. The van der Waals surface area contributed by atoms with Gasteiger partial charge in [-0.25, -0.2) is 9.78 Å². The highest BCUT2D eigenvalue weighted by Crippen LogP contribution is 2.25. The van der Waals surface area contributed by atoms with Gasteiger partial charge in [-0.3, -0.25) is 47.9 Å². The van der Waals surface area contributed by atoms with Gasteiger partial charge in [-0.1, -0.05) is 110 Å². The fraction of sp³-hybridized carbons (Fsp3) is 0.765. The lowest BCUT2D eigenvalue weighted by atomic mass is 9.91. The molecular weight excluding hydrogens is 1210 g/mol. The molecule has 0 aliphatic carbocycles. The highest BCUT2D eigenvalue weighted by atomic mass is 16.6. The first-order chi connectivity index (χ1) is 43.5. The third-order valence-electron chi connectivity index (χ3n) is 17.3. The molecule has 1 aromatic heterocycles. The van der Waals surface area contributed by atoms with Gasteiger partial charge in [0.2, 0.25) is 53.2 Å². The summed E-state index contributed by atoms with van der Waals surface area (Å²) >= 11 is 0. The van der Waals surface area contributed by atoms with E-state index < -0.39 is 162 Å². The number of aliphatic hydroxyl groups is 2. The number of aliphatic hydroxyl groups excluding tert-OH is 2. The molecule has 2 rings (SSSR count). The van der Waals surface area contributed by atoms with Crippen LogP contribution in [0.3, 0.4) is 0 Å². The number of rotatable bonds is 19. The minimum Gasteiger partial charge on any atom is -0.450 e.